The molecule has 1 saturated heterocycles. The number of fused-ring (bicyclic) bond motifs is 1. The number of aromatic nitrogens is 4. The highest BCUT2D eigenvalue weighted by atomic mass is 15.2. The van der Waals surface area contributed by atoms with Gasteiger partial charge in [0.25, 0.3) is 0 Å². The van der Waals surface area contributed by atoms with Crippen molar-refractivity contribution >= 4 is 22.9 Å². The molecule has 4 rings (SSSR count). The van der Waals surface area contributed by atoms with E-state index in [-0.39, 0.29) is 0 Å². The zero-order valence-electron chi connectivity index (χ0n) is 17.1. The number of unbranched alkanes of at least 4 members (excludes halogenated alkanes) is 1. The number of nitrogens with two attached hydrogens (primary N) is 1. The molecule has 0 bridgehead atoms. The topological polar surface area (TPSA) is 84.9 Å². The van der Waals surface area contributed by atoms with E-state index < -0.39 is 0 Å². The van der Waals surface area contributed by atoms with Gasteiger partial charge in [0.2, 0.25) is 5.95 Å². The monoisotopic (exact) mass is 393 g/mol. The van der Waals surface area contributed by atoms with Crippen LogP contribution in [0.15, 0.2) is 36.7 Å². The number of nitrogens with one attached hydrogen (secondary N) is 1. The molecule has 3 N–H and O–H groups in total. The number of anilines is 2. The summed E-state index contributed by atoms with van der Waals surface area (Å²) in [4.78, 5) is 16.1. The van der Waals surface area contributed by atoms with Crippen molar-refractivity contribution in [1.29, 1.82) is 0 Å². The van der Waals surface area contributed by atoms with Crippen LogP contribution in [-0.2, 0) is 13.0 Å². The molecule has 0 aliphatic carbocycles. The van der Waals surface area contributed by atoms with E-state index >= 15 is 0 Å². The van der Waals surface area contributed by atoms with Gasteiger partial charge in [0.05, 0.1) is 6.33 Å². The first-order valence-electron chi connectivity index (χ1n) is 10.8. The van der Waals surface area contributed by atoms with Crippen molar-refractivity contribution < 1.29 is 0 Å². The zero-order valence-corrected chi connectivity index (χ0v) is 17.1. The van der Waals surface area contributed by atoms with Crippen LogP contribution in [0.3, 0.4) is 0 Å². The number of benzene rings is 1. The van der Waals surface area contributed by atoms with Gasteiger partial charge in [-0.2, -0.15) is 9.97 Å². The van der Waals surface area contributed by atoms with Crippen molar-refractivity contribution in [2.45, 2.75) is 45.1 Å². The van der Waals surface area contributed by atoms with Gasteiger partial charge >= 0.3 is 0 Å². The lowest BCUT2D eigenvalue weighted by atomic mass is 10.1. The van der Waals surface area contributed by atoms with Gasteiger partial charge in [-0.3, -0.25) is 0 Å². The third-order valence-electron chi connectivity index (χ3n) is 5.60. The summed E-state index contributed by atoms with van der Waals surface area (Å²) < 4.78 is 2.10. The van der Waals surface area contributed by atoms with E-state index in [4.69, 9.17) is 5.73 Å². The van der Waals surface area contributed by atoms with Gasteiger partial charge in [0.15, 0.2) is 11.5 Å². The summed E-state index contributed by atoms with van der Waals surface area (Å²) in [6, 6.07) is 10.4. The highest BCUT2D eigenvalue weighted by molar-refractivity contribution is 5.82. The van der Waals surface area contributed by atoms with Crippen molar-refractivity contribution in [3.63, 3.8) is 0 Å². The molecule has 0 saturated carbocycles. The van der Waals surface area contributed by atoms with E-state index in [1.165, 1.54) is 50.9 Å². The van der Waals surface area contributed by atoms with E-state index in [2.05, 4.69) is 54.0 Å². The van der Waals surface area contributed by atoms with Crippen molar-refractivity contribution in [2.24, 2.45) is 0 Å². The second kappa shape index (κ2) is 9.69. The molecule has 1 fully saturated rings. The van der Waals surface area contributed by atoms with Crippen LogP contribution < -0.4 is 11.1 Å². The molecule has 1 aliphatic heterocycles. The van der Waals surface area contributed by atoms with Crippen molar-refractivity contribution in [3.8, 4) is 0 Å². The highest BCUT2D eigenvalue weighted by Gasteiger charge is 2.12. The molecule has 29 heavy (non-hydrogen) atoms. The zero-order chi connectivity index (χ0) is 19.9. The minimum atomic E-state index is 0.435. The lowest BCUT2D eigenvalue weighted by molar-refractivity contribution is 0.223. The van der Waals surface area contributed by atoms with Gasteiger partial charge in [0.1, 0.15) is 5.52 Å². The SMILES string of the molecule is Nc1nc(NCCc2ccccc2)nc2c1ncn2CCCCN1CCCCC1. The Bertz CT molecular complexity index is 900. The molecule has 0 radical (unpaired) electrons. The summed E-state index contributed by atoms with van der Waals surface area (Å²) >= 11 is 0. The molecule has 0 spiro atoms. The summed E-state index contributed by atoms with van der Waals surface area (Å²) in [5.74, 6) is 1.00. The van der Waals surface area contributed by atoms with Gasteiger partial charge in [0, 0.05) is 13.1 Å². The maximum absolute atomic E-state index is 6.13. The first-order valence-corrected chi connectivity index (χ1v) is 10.8. The van der Waals surface area contributed by atoms with Crippen molar-refractivity contribution in [2.75, 3.05) is 37.2 Å². The number of imidazole rings is 1. The fraction of sp³-hybridized carbons (Fsp3) is 0.500. The third-order valence-corrected chi connectivity index (χ3v) is 5.60. The maximum Gasteiger partial charge on any atom is 0.226 e. The molecule has 7 nitrogen and oxygen atoms in total. The van der Waals surface area contributed by atoms with E-state index in [9.17, 15) is 0 Å². The Hall–Kier alpha value is -2.67. The molecular weight excluding hydrogens is 362 g/mol. The molecule has 7 heteroatoms. The summed E-state index contributed by atoms with van der Waals surface area (Å²) in [6.07, 6.45) is 9.15. The van der Waals surface area contributed by atoms with Crippen LogP contribution in [0.4, 0.5) is 11.8 Å². The fourth-order valence-electron chi connectivity index (χ4n) is 3.97. The van der Waals surface area contributed by atoms with Crippen molar-refractivity contribution in [1.82, 2.24) is 24.4 Å². The minimum absolute atomic E-state index is 0.435. The van der Waals surface area contributed by atoms with E-state index in [1.54, 1.807) is 0 Å². The van der Waals surface area contributed by atoms with Gasteiger partial charge in [-0.1, -0.05) is 36.8 Å². The standard InChI is InChI=1S/C22H31N7/c23-20-19-21(27-22(26-20)24-12-11-18-9-3-1-4-10-18)29(17-25-19)16-8-7-15-28-13-5-2-6-14-28/h1,3-4,9-10,17H,2,5-8,11-16H2,(H3,23,24,26,27). The number of aryl methyl sites for hydroxylation is 1. The lowest BCUT2D eigenvalue weighted by Crippen LogP contribution is -2.30. The number of piperidine rings is 1. The Morgan fingerprint density at radius 2 is 1.76 bits per heavy atom. The Labute approximate surface area is 172 Å². The van der Waals surface area contributed by atoms with Crippen LogP contribution in [-0.4, -0.2) is 50.6 Å². The largest absolute Gasteiger partial charge is 0.382 e. The third kappa shape index (κ3) is 5.23. The number of likely N-dealkylation sites (tertiary alicyclic amines) is 1. The first-order chi connectivity index (χ1) is 14.3. The van der Waals surface area contributed by atoms with Crippen molar-refractivity contribution in [3.05, 3.63) is 42.2 Å². The molecule has 3 aromatic rings. The van der Waals surface area contributed by atoms with Crippen LogP contribution >= 0.6 is 0 Å². The molecule has 3 heterocycles. The lowest BCUT2D eigenvalue weighted by Gasteiger charge is -2.26. The number of rotatable bonds is 9. The summed E-state index contributed by atoms with van der Waals surface area (Å²) in [5, 5.41) is 3.30. The van der Waals surface area contributed by atoms with Crippen LogP contribution in [0.1, 0.15) is 37.7 Å². The average Bonchev–Trinajstić information content (AvgIpc) is 3.16. The van der Waals surface area contributed by atoms with Gasteiger partial charge in [-0.15, -0.1) is 0 Å². The Morgan fingerprint density at radius 3 is 2.59 bits per heavy atom. The fourth-order valence-corrected chi connectivity index (χ4v) is 3.97. The second-order valence-corrected chi connectivity index (χ2v) is 7.81. The average molecular weight is 394 g/mol. The first kappa shape index (κ1) is 19.6. The molecule has 0 atom stereocenters. The molecule has 1 aliphatic rings. The quantitative estimate of drug-likeness (QED) is 0.543. The Kier molecular flexibility index (Phi) is 6.56. The second-order valence-electron chi connectivity index (χ2n) is 7.81. The van der Waals surface area contributed by atoms with E-state index in [0.29, 0.717) is 17.3 Å². The summed E-state index contributed by atoms with van der Waals surface area (Å²) in [5.41, 5.74) is 8.92. The smallest absolute Gasteiger partial charge is 0.226 e. The number of nitrogens with zero attached hydrogens (tertiary/aromatic N) is 5. The molecule has 0 unspecified atom stereocenters. The van der Waals surface area contributed by atoms with Crippen LogP contribution in [0.25, 0.3) is 11.2 Å². The van der Waals surface area contributed by atoms with Crippen LogP contribution in [0, 0.1) is 0 Å². The van der Waals surface area contributed by atoms with E-state index in [1.807, 2.05) is 12.4 Å². The number of nitrogen functional groups attached to an aromatic ring is 1. The van der Waals surface area contributed by atoms with E-state index in [0.717, 1.165) is 31.6 Å². The molecular formula is C22H31N7. The van der Waals surface area contributed by atoms with Gasteiger partial charge in [-0.25, -0.2) is 4.98 Å². The Morgan fingerprint density at radius 1 is 0.966 bits per heavy atom. The molecule has 0 amide bonds. The minimum Gasteiger partial charge on any atom is -0.382 e. The molecule has 2 aromatic heterocycles. The molecule has 1 aromatic carbocycles. The van der Waals surface area contributed by atoms with Crippen LogP contribution in [0.2, 0.25) is 0 Å². The predicted molar refractivity (Wildman–Crippen MR) is 118 cm³/mol. The Balaban J connectivity index is 1.33. The van der Waals surface area contributed by atoms with Gasteiger partial charge in [-0.05, 0) is 57.3 Å². The molecule has 154 valence electrons. The number of hydrogen-bond acceptors (Lipinski definition) is 6. The number of hydrogen-bond donors (Lipinski definition) is 2. The normalized spacial score (nSPS) is 15.0. The summed E-state index contributed by atoms with van der Waals surface area (Å²) in [7, 11) is 0. The highest BCUT2D eigenvalue weighted by Crippen LogP contribution is 2.19. The van der Waals surface area contributed by atoms with Gasteiger partial charge < -0.3 is 20.5 Å². The maximum atomic E-state index is 6.13. The van der Waals surface area contributed by atoms with Crippen LogP contribution in [0.5, 0.6) is 0 Å². The summed E-state index contributed by atoms with van der Waals surface area (Å²) in [6.45, 7) is 5.38. The predicted octanol–water partition coefficient (Wildman–Crippen LogP) is 3.33.